The first-order valence-electron chi connectivity index (χ1n) is 7.92. The maximum Gasteiger partial charge on any atom is 0.346 e. The number of ether oxygens (including phenoxy) is 3. The largest absolute Gasteiger partial charge is 0.496 e. The number of Topliss-reactive ketones (excluding diaryl/α,β-unsaturated/α-hetero) is 1. The van der Waals surface area contributed by atoms with Crippen LogP contribution in [-0.2, 0) is 4.74 Å². The molecule has 2 rings (SSSR count). The summed E-state index contributed by atoms with van der Waals surface area (Å²) in [7, 11) is 2.91. The van der Waals surface area contributed by atoms with E-state index in [-0.39, 0.29) is 11.3 Å². The van der Waals surface area contributed by atoms with E-state index >= 15 is 0 Å². The Hall–Kier alpha value is -2.82. The van der Waals surface area contributed by atoms with Gasteiger partial charge >= 0.3 is 5.97 Å². The number of rotatable bonds is 6. The van der Waals surface area contributed by atoms with Gasteiger partial charge in [0.25, 0.3) is 0 Å². The monoisotopic (exact) mass is 342 g/mol. The summed E-state index contributed by atoms with van der Waals surface area (Å²) < 4.78 is 15.8. The van der Waals surface area contributed by atoms with Crippen molar-refractivity contribution in [2.75, 3.05) is 14.2 Å². The Labute approximate surface area is 147 Å². The normalized spacial score (nSPS) is 11.6. The van der Waals surface area contributed by atoms with Crippen molar-refractivity contribution < 1.29 is 23.8 Å². The molecule has 0 aliphatic rings. The van der Waals surface area contributed by atoms with E-state index in [0.717, 1.165) is 11.1 Å². The van der Waals surface area contributed by atoms with E-state index in [1.54, 1.807) is 31.2 Å². The van der Waals surface area contributed by atoms with Gasteiger partial charge < -0.3 is 14.2 Å². The van der Waals surface area contributed by atoms with Crippen LogP contribution in [0.25, 0.3) is 0 Å². The van der Waals surface area contributed by atoms with Crippen LogP contribution in [-0.4, -0.2) is 32.1 Å². The second kappa shape index (κ2) is 7.83. The van der Waals surface area contributed by atoms with Gasteiger partial charge in [-0.1, -0.05) is 23.8 Å². The van der Waals surface area contributed by atoms with E-state index in [2.05, 4.69) is 0 Å². The maximum atomic E-state index is 12.7. The summed E-state index contributed by atoms with van der Waals surface area (Å²) in [6.45, 7) is 5.32. The minimum Gasteiger partial charge on any atom is -0.496 e. The molecule has 0 aliphatic carbocycles. The van der Waals surface area contributed by atoms with Crippen molar-refractivity contribution in [2.45, 2.75) is 26.9 Å². The molecular formula is C20H22O5. The van der Waals surface area contributed by atoms with Crippen LogP contribution in [0.5, 0.6) is 11.5 Å². The third-order valence-electron chi connectivity index (χ3n) is 3.94. The van der Waals surface area contributed by atoms with Gasteiger partial charge in [0.2, 0.25) is 5.78 Å². The van der Waals surface area contributed by atoms with E-state index in [9.17, 15) is 9.59 Å². The SMILES string of the molecule is COc1cccc(OC)c1C(=O)O[C@@H](C)C(=O)c1cc(C)ccc1C. The zero-order valence-electron chi connectivity index (χ0n) is 15.1. The Morgan fingerprint density at radius 3 is 2.12 bits per heavy atom. The van der Waals surface area contributed by atoms with Crippen LogP contribution in [0.15, 0.2) is 36.4 Å². The average molecular weight is 342 g/mol. The Balaban J connectivity index is 2.26. The molecule has 5 heteroatoms. The van der Waals surface area contributed by atoms with Gasteiger partial charge in [0, 0.05) is 5.56 Å². The van der Waals surface area contributed by atoms with E-state index in [4.69, 9.17) is 14.2 Å². The fourth-order valence-electron chi connectivity index (χ4n) is 2.55. The molecule has 2 aromatic carbocycles. The molecule has 0 bridgehead atoms. The smallest absolute Gasteiger partial charge is 0.346 e. The van der Waals surface area contributed by atoms with E-state index in [1.807, 2.05) is 26.0 Å². The number of hydrogen-bond donors (Lipinski definition) is 0. The van der Waals surface area contributed by atoms with Crippen molar-refractivity contribution in [1.82, 2.24) is 0 Å². The summed E-state index contributed by atoms with van der Waals surface area (Å²) in [5.41, 5.74) is 2.52. The highest BCUT2D eigenvalue weighted by molar-refractivity contribution is 6.03. The molecule has 0 aromatic heterocycles. The van der Waals surface area contributed by atoms with E-state index in [1.165, 1.54) is 14.2 Å². The number of methoxy groups -OCH3 is 2. The van der Waals surface area contributed by atoms with Gasteiger partial charge in [-0.05, 0) is 44.5 Å². The summed E-state index contributed by atoms with van der Waals surface area (Å²) in [5.74, 6) is -0.254. The molecule has 5 nitrogen and oxygen atoms in total. The Bertz CT molecular complexity index is 772. The molecule has 0 heterocycles. The summed E-state index contributed by atoms with van der Waals surface area (Å²) in [5, 5.41) is 0. The third-order valence-corrected chi connectivity index (χ3v) is 3.94. The predicted molar refractivity (Wildman–Crippen MR) is 94.7 cm³/mol. The molecular weight excluding hydrogens is 320 g/mol. The van der Waals surface area contributed by atoms with Gasteiger partial charge in [-0.2, -0.15) is 0 Å². The molecule has 0 fully saturated rings. The fourth-order valence-corrected chi connectivity index (χ4v) is 2.55. The lowest BCUT2D eigenvalue weighted by molar-refractivity contribution is 0.0312. The van der Waals surface area contributed by atoms with Crippen molar-refractivity contribution >= 4 is 11.8 Å². The predicted octanol–water partition coefficient (Wildman–Crippen LogP) is 3.75. The number of ketones is 1. The van der Waals surface area contributed by atoms with E-state index < -0.39 is 12.1 Å². The van der Waals surface area contributed by atoms with Crippen LogP contribution in [0.2, 0.25) is 0 Å². The van der Waals surface area contributed by atoms with Crippen molar-refractivity contribution in [3.63, 3.8) is 0 Å². The molecule has 132 valence electrons. The molecule has 0 saturated heterocycles. The highest BCUT2D eigenvalue weighted by Gasteiger charge is 2.26. The number of esters is 1. The van der Waals surface area contributed by atoms with Crippen LogP contribution in [0.4, 0.5) is 0 Å². The average Bonchev–Trinajstić information content (AvgIpc) is 2.62. The van der Waals surface area contributed by atoms with Gasteiger partial charge in [0.05, 0.1) is 14.2 Å². The highest BCUT2D eigenvalue weighted by atomic mass is 16.6. The van der Waals surface area contributed by atoms with Crippen molar-refractivity contribution in [3.8, 4) is 11.5 Å². The molecule has 0 saturated carbocycles. The standard InChI is InChI=1S/C20H22O5/c1-12-9-10-13(2)15(11-12)19(21)14(3)25-20(22)18-16(23-4)7-6-8-17(18)24-5/h6-11,14H,1-5H3/t14-/m0/s1. The van der Waals surface area contributed by atoms with Crippen LogP contribution < -0.4 is 9.47 Å². The van der Waals surface area contributed by atoms with Crippen molar-refractivity contribution in [1.29, 1.82) is 0 Å². The van der Waals surface area contributed by atoms with Gasteiger partial charge in [-0.15, -0.1) is 0 Å². The van der Waals surface area contributed by atoms with Crippen molar-refractivity contribution in [2.24, 2.45) is 0 Å². The molecule has 0 amide bonds. The van der Waals surface area contributed by atoms with Gasteiger partial charge in [-0.25, -0.2) is 4.79 Å². The van der Waals surface area contributed by atoms with Gasteiger partial charge in [0.1, 0.15) is 17.1 Å². The molecule has 1 atom stereocenters. The van der Waals surface area contributed by atoms with Gasteiger partial charge in [0.15, 0.2) is 6.10 Å². The third kappa shape index (κ3) is 3.99. The van der Waals surface area contributed by atoms with Gasteiger partial charge in [-0.3, -0.25) is 4.79 Å². The Morgan fingerprint density at radius 1 is 0.960 bits per heavy atom. The number of hydrogen-bond acceptors (Lipinski definition) is 5. The topological polar surface area (TPSA) is 61.8 Å². The molecule has 0 aliphatic heterocycles. The zero-order chi connectivity index (χ0) is 18.6. The maximum absolute atomic E-state index is 12.7. The molecule has 0 N–H and O–H groups in total. The minimum absolute atomic E-state index is 0.160. The van der Waals surface area contributed by atoms with Crippen LogP contribution in [0.3, 0.4) is 0 Å². The Morgan fingerprint density at radius 2 is 1.56 bits per heavy atom. The molecule has 25 heavy (non-hydrogen) atoms. The summed E-state index contributed by atoms with van der Waals surface area (Å²) in [6.07, 6.45) is -0.928. The number of benzene rings is 2. The lowest BCUT2D eigenvalue weighted by Gasteiger charge is -2.16. The zero-order valence-corrected chi connectivity index (χ0v) is 15.1. The Kier molecular flexibility index (Phi) is 5.80. The van der Waals surface area contributed by atoms with Crippen LogP contribution in [0, 0.1) is 13.8 Å². The second-order valence-electron chi connectivity index (χ2n) is 5.77. The number of aryl methyl sites for hydroxylation is 2. The number of carbonyl (C=O) groups excluding carboxylic acids is 2. The lowest BCUT2D eigenvalue weighted by Crippen LogP contribution is -2.25. The molecule has 0 radical (unpaired) electrons. The first-order valence-corrected chi connectivity index (χ1v) is 7.92. The quantitative estimate of drug-likeness (QED) is 0.591. The highest BCUT2D eigenvalue weighted by Crippen LogP contribution is 2.29. The molecule has 2 aromatic rings. The fraction of sp³-hybridized carbons (Fsp3) is 0.300. The minimum atomic E-state index is -0.928. The summed E-state index contributed by atoms with van der Waals surface area (Å²) in [4.78, 5) is 25.2. The van der Waals surface area contributed by atoms with Crippen LogP contribution >= 0.6 is 0 Å². The lowest BCUT2D eigenvalue weighted by atomic mass is 9.99. The van der Waals surface area contributed by atoms with Crippen molar-refractivity contribution in [3.05, 3.63) is 58.7 Å². The van der Waals surface area contributed by atoms with Crippen LogP contribution in [0.1, 0.15) is 38.8 Å². The number of carbonyl (C=O) groups is 2. The first kappa shape index (κ1) is 18.5. The molecule has 0 unspecified atom stereocenters. The second-order valence-corrected chi connectivity index (χ2v) is 5.77. The summed E-state index contributed by atoms with van der Waals surface area (Å²) >= 11 is 0. The van der Waals surface area contributed by atoms with E-state index in [0.29, 0.717) is 17.1 Å². The summed E-state index contributed by atoms with van der Waals surface area (Å²) in [6, 6.07) is 10.6. The first-order chi connectivity index (χ1) is 11.9. The molecule has 0 spiro atoms.